The number of rotatable bonds is 14. The highest BCUT2D eigenvalue weighted by Gasteiger charge is 2.51. The van der Waals surface area contributed by atoms with Crippen LogP contribution in [-0.4, -0.2) is 148 Å². The lowest BCUT2D eigenvalue weighted by Crippen LogP contribution is -2.64. The van der Waals surface area contributed by atoms with Gasteiger partial charge in [-0.1, -0.05) is 68.5 Å². The molecule has 4 fully saturated rings. The summed E-state index contributed by atoms with van der Waals surface area (Å²) in [7, 11) is 0. The Morgan fingerprint density at radius 1 is 0.839 bits per heavy atom. The van der Waals surface area contributed by atoms with Crippen molar-refractivity contribution in [1.82, 2.24) is 5.32 Å². The number of carbonyl (C=O) groups is 2. The van der Waals surface area contributed by atoms with Crippen molar-refractivity contribution in [3.05, 3.63) is 48.0 Å². The fourth-order valence-corrected chi connectivity index (χ4v) is 7.94. The van der Waals surface area contributed by atoms with Gasteiger partial charge in [0, 0.05) is 13.2 Å². The zero-order valence-corrected chi connectivity index (χ0v) is 31.2. The van der Waals surface area contributed by atoms with Crippen molar-refractivity contribution < 1.29 is 78.5 Å². The molecule has 6 rings (SSSR count). The number of carboxylic acid groups (broad SMARTS) is 1. The molecule has 2 aromatic rings. The van der Waals surface area contributed by atoms with Gasteiger partial charge in [0.25, 0.3) is 0 Å². The van der Waals surface area contributed by atoms with Crippen LogP contribution in [-0.2, 0) is 44.6 Å². The van der Waals surface area contributed by atoms with Crippen LogP contribution < -0.4 is 10.4 Å². The molecule has 1 saturated carbocycles. The van der Waals surface area contributed by atoms with Crippen LogP contribution in [0.5, 0.6) is 0 Å². The summed E-state index contributed by atoms with van der Waals surface area (Å²) in [6.45, 7) is 0.584. The number of hydrogen-bond acceptors (Lipinski definition) is 16. The van der Waals surface area contributed by atoms with Crippen LogP contribution in [0.4, 0.5) is 4.79 Å². The van der Waals surface area contributed by atoms with Gasteiger partial charge in [-0.15, -0.1) is 0 Å². The molecular weight excluding hydrogens is 738 g/mol. The van der Waals surface area contributed by atoms with E-state index < -0.39 is 104 Å². The minimum Gasteiger partial charge on any atom is -0.547 e. The Labute approximate surface area is 324 Å². The molecule has 56 heavy (non-hydrogen) atoms. The standard InChI is InChI=1S/C39H55NO16/c1-20-29(42)31(44)32(45)37(52-20)56-34-25(13-14-50-27(34)17-40-39(49)51-19-22-11-12-23-9-5-6-10-24(23)15-22)54-38-33(46)35(30(43)28(18-41)55-38)53-26(36(47)48)16-21-7-3-2-4-8-21/h5-6,9-12,15,20-21,25-35,37-38,41-46H,2-4,7-8,13-14,16-19H2,1H3,(H,40,49)(H,47,48)/p-1. The first-order valence-corrected chi connectivity index (χ1v) is 19.4. The van der Waals surface area contributed by atoms with E-state index in [0.29, 0.717) is 0 Å². The molecule has 2 aromatic carbocycles. The zero-order chi connectivity index (χ0) is 39.9. The number of ether oxygens (including phenoxy) is 7. The first kappa shape index (κ1) is 42.6. The molecule has 1 amide bonds. The summed E-state index contributed by atoms with van der Waals surface area (Å²) in [6, 6.07) is 13.4. The molecule has 14 atom stereocenters. The van der Waals surface area contributed by atoms with Crippen LogP contribution in [0.2, 0.25) is 0 Å². The maximum Gasteiger partial charge on any atom is 0.407 e. The Morgan fingerprint density at radius 2 is 1.57 bits per heavy atom. The Bertz CT molecular complexity index is 1580. The molecule has 3 saturated heterocycles. The van der Waals surface area contributed by atoms with Crippen LogP contribution in [0.15, 0.2) is 42.5 Å². The second kappa shape index (κ2) is 19.6. The number of aliphatic hydroxyl groups excluding tert-OH is 6. The average Bonchev–Trinajstić information content (AvgIpc) is 3.20. The van der Waals surface area contributed by atoms with E-state index in [4.69, 9.17) is 33.2 Å². The Balaban J connectivity index is 1.16. The zero-order valence-electron chi connectivity index (χ0n) is 31.2. The SMILES string of the molecule is CC1OC(OC2C(CNC(=O)OCc3ccc4ccccc4c3)OCCC2OC2OC(CO)C(O)C(OC(CC3CCCCC3)C(=O)[O-])C2O)C(O)C(O)C1O. The van der Waals surface area contributed by atoms with Gasteiger partial charge in [0.1, 0.15) is 61.5 Å². The molecule has 3 heterocycles. The van der Waals surface area contributed by atoms with Gasteiger partial charge in [0.2, 0.25) is 0 Å². The quantitative estimate of drug-likeness (QED) is 0.126. The van der Waals surface area contributed by atoms with Crippen molar-refractivity contribution in [1.29, 1.82) is 0 Å². The normalized spacial score (nSPS) is 36.2. The van der Waals surface area contributed by atoms with Gasteiger partial charge < -0.3 is 79.0 Å². The molecule has 3 aliphatic heterocycles. The highest BCUT2D eigenvalue weighted by atomic mass is 16.7. The fourth-order valence-electron chi connectivity index (χ4n) is 7.94. The summed E-state index contributed by atoms with van der Waals surface area (Å²) in [5.74, 6) is -1.45. The number of nitrogens with one attached hydrogen (secondary N) is 1. The lowest BCUT2D eigenvalue weighted by molar-refractivity contribution is -0.359. The minimum atomic E-state index is -1.76. The molecular formula is C39H54NO16-. The number of aliphatic carboxylic acids is 1. The Morgan fingerprint density at radius 3 is 2.30 bits per heavy atom. The molecule has 312 valence electrons. The predicted octanol–water partition coefficient (Wildman–Crippen LogP) is -0.634. The van der Waals surface area contributed by atoms with E-state index in [2.05, 4.69) is 5.32 Å². The number of fused-ring (bicyclic) bond motifs is 1. The highest BCUT2D eigenvalue weighted by Crippen LogP contribution is 2.34. The molecule has 17 nitrogen and oxygen atoms in total. The molecule has 0 aromatic heterocycles. The minimum absolute atomic E-state index is 0.0223. The van der Waals surface area contributed by atoms with Crippen molar-refractivity contribution in [2.45, 2.75) is 144 Å². The molecule has 1 aliphatic carbocycles. The van der Waals surface area contributed by atoms with Crippen molar-refractivity contribution in [3.8, 4) is 0 Å². The number of hydrogen-bond donors (Lipinski definition) is 7. The van der Waals surface area contributed by atoms with E-state index >= 15 is 0 Å². The van der Waals surface area contributed by atoms with Crippen LogP contribution in [0, 0.1) is 5.92 Å². The topological polar surface area (TPSA) is 255 Å². The van der Waals surface area contributed by atoms with E-state index in [1.807, 2.05) is 42.5 Å². The summed E-state index contributed by atoms with van der Waals surface area (Å²) in [5.41, 5.74) is 0.764. The van der Waals surface area contributed by atoms with Crippen molar-refractivity contribution in [2.75, 3.05) is 19.8 Å². The lowest BCUT2D eigenvalue weighted by atomic mass is 9.85. The third-order valence-electron chi connectivity index (χ3n) is 11.2. The monoisotopic (exact) mass is 792 g/mol. The molecule has 0 bridgehead atoms. The largest absolute Gasteiger partial charge is 0.547 e. The molecule has 4 aliphatic rings. The van der Waals surface area contributed by atoms with Crippen LogP contribution >= 0.6 is 0 Å². The van der Waals surface area contributed by atoms with Gasteiger partial charge in [0.15, 0.2) is 12.6 Å². The van der Waals surface area contributed by atoms with Gasteiger partial charge in [-0.05, 0) is 48.1 Å². The second-order valence-electron chi connectivity index (χ2n) is 15.1. The summed E-state index contributed by atoms with van der Waals surface area (Å²) in [5, 5.41) is 81.0. The summed E-state index contributed by atoms with van der Waals surface area (Å²) < 4.78 is 41.2. The average molecular weight is 793 g/mol. The maximum absolute atomic E-state index is 12.9. The third-order valence-corrected chi connectivity index (χ3v) is 11.2. The third kappa shape index (κ3) is 10.3. The number of benzene rings is 2. The first-order chi connectivity index (χ1) is 26.9. The van der Waals surface area contributed by atoms with Crippen LogP contribution in [0.25, 0.3) is 10.8 Å². The van der Waals surface area contributed by atoms with E-state index in [1.54, 1.807) is 0 Å². The number of carbonyl (C=O) groups excluding carboxylic acids is 2. The highest BCUT2D eigenvalue weighted by molar-refractivity contribution is 5.83. The van der Waals surface area contributed by atoms with Gasteiger partial charge in [0.05, 0.1) is 30.9 Å². The first-order valence-electron chi connectivity index (χ1n) is 19.4. The second-order valence-corrected chi connectivity index (χ2v) is 15.1. The Kier molecular flexibility index (Phi) is 14.9. The number of aliphatic hydroxyl groups is 6. The van der Waals surface area contributed by atoms with Gasteiger partial charge in [-0.3, -0.25) is 0 Å². The van der Waals surface area contributed by atoms with E-state index in [-0.39, 0.29) is 38.5 Å². The fraction of sp³-hybridized carbons (Fsp3) is 0.692. The molecule has 7 N–H and O–H groups in total. The van der Waals surface area contributed by atoms with E-state index in [9.17, 15) is 45.3 Å². The lowest BCUT2D eigenvalue weighted by Gasteiger charge is -2.47. The summed E-state index contributed by atoms with van der Waals surface area (Å²) in [6.07, 6.45) is -15.8. The van der Waals surface area contributed by atoms with Gasteiger partial charge in [-0.25, -0.2) is 4.79 Å². The molecule has 0 radical (unpaired) electrons. The smallest absolute Gasteiger partial charge is 0.407 e. The summed E-state index contributed by atoms with van der Waals surface area (Å²) >= 11 is 0. The molecule has 17 heteroatoms. The molecule has 14 unspecified atom stereocenters. The van der Waals surface area contributed by atoms with E-state index in [1.165, 1.54) is 6.92 Å². The summed E-state index contributed by atoms with van der Waals surface area (Å²) in [4.78, 5) is 25.1. The van der Waals surface area contributed by atoms with Gasteiger partial charge in [-0.2, -0.15) is 0 Å². The molecule has 0 spiro atoms. The van der Waals surface area contributed by atoms with E-state index in [0.717, 1.165) is 48.4 Å². The van der Waals surface area contributed by atoms with Crippen molar-refractivity contribution >= 4 is 22.8 Å². The Hall–Kier alpha value is -3.04. The number of amides is 1. The maximum atomic E-state index is 12.9. The number of carboxylic acids is 1. The number of alkyl carbamates (subject to hydrolysis) is 1. The van der Waals surface area contributed by atoms with Crippen LogP contribution in [0.3, 0.4) is 0 Å². The predicted molar refractivity (Wildman–Crippen MR) is 191 cm³/mol. The van der Waals surface area contributed by atoms with Crippen molar-refractivity contribution in [2.24, 2.45) is 5.92 Å². The van der Waals surface area contributed by atoms with Gasteiger partial charge >= 0.3 is 6.09 Å². The van der Waals surface area contributed by atoms with Crippen LogP contribution in [0.1, 0.15) is 57.4 Å². The van der Waals surface area contributed by atoms with Crippen molar-refractivity contribution in [3.63, 3.8) is 0 Å².